The zero-order chi connectivity index (χ0) is 33.5. The van der Waals surface area contributed by atoms with Gasteiger partial charge in [-0.15, -0.1) is 6.42 Å². The second-order valence-corrected chi connectivity index (χ2v) is 16.0. The summed E-state index contributed by atoms with van der Waals surface area (Å²) in [5.41, 5.74) is -0.810. The van der Waals surface area contributed by atoms with Crippen LogP contribution in [-0.4, -0.2) is 89.4 Å². The van der Waals surface area contributed by atoms with Crippen LogP contribution >= 0.6 is 0 Å². The highest BCUT2D eigenvalue weighted by Gasteiger charge is 2.50. The van der Waals surface area contributed by atoms with Crippen LogP contribution in [0.5, 0.6) is 11.8 Å². The molecular weight excluding hydrogens is 643 g/mol. The average molecular weight is 678 g/mol. The van der Waals surface area contributed by atoms with Crippen molar-refractivity contribution in [2.75, 3.05) is 43.9 Å². The number of aromatic hydroxyl groups is 1. The summed E-state index contributed by atoms with van der Waals surface area (Å²) in [6.07, 6.45) is 10.9. The molecule has 9 nitrogen and oxygen atoms in total. The van der Waals surface area contributed by atoms with Gasteiger partial charge in [0.05, 0.1) is 21.7 Å². The predicted molar refractivity (Wildman–Crippen MR) is 175 cm³/mol. The van der Waals surface area contributed by atoms with E-state index in [0.717, 1.165) is 32.2 Å². The van der Waals surface area contributed by atoms with Gasteiger partial charge in [0, 0.05) is 49.5 Å². The van der Waals surface area contributed by atoms with Crippen LogP contribution in [-0.2, 0) is 9.84 Å². The van der Waals surface area contributed by atoms with E-state index >= 15 is 4.39 Å². The van der Waals surface area contributed by atoms with E-state index < -0.39 is 38.4 Å². The van der Waals surface area contributed by atoms with Gasteiger partial charge in [-0.1, -0.05) is 12.0 Å². The van der Waals surface area contributed by atoms with Gasteiger partial charge in [-0.05, 0) is 67.6 Å². The molecule has 3 saturated heterocycles. The quantitative estimate of drug-likeness (QED) is 0.282. The molecule has 1 N–H and O–H groups in total. The molecule has 1 saturated carbocycles. The van der Waals surface area contributed by atoms with Crippen LogP contribution in [0.1, 0.15) is 37.7 Å². The summed E-state index contributed by atoms with van der Waals surface area (Å²) in [6.45, 7) is 2.03. The number of sulfone groups is 1. The third-order valence-electron chi connectivity index (χ3n) is 10.9. The molecule has 250 valence electrons. The van der Waals surface area contributed by atoms with Crippen LogP contribution in [0.25, 0.3) is 32.9 Å². The molecule has 0 radical (unpaired) electrons. The summed E-state index contributed by atoms with van der Waals surface area (Å²) in [6, 6.07) is 5.24. The van der Waals surface area contributed by atoms with Crippen molar-refractivity contribution in [3.8, 4) is 35.4 Å². The third-order valence-corrected chi connectivity index (χ3v) is 12.6. The van der Waals surface area contributed by atoms with Gasteiger partial charge >= 0.3 is 6.01 Å². The summed E-state index contributed by atoms with van der Waals surface area (Å²) < 4.78 is 77.8. The van der Waals surface area contributed by atoms with Crippen LogP contribution in [0.3, 0.4) is 0 Å². The molecule has 0 spiro atoms. The number of benzene rings is 2. The van der Waals surface area contributed by atoms with Crippen molar-refractivity contribution in [2.45, 2.75) is 49.1 Å². The monoisotopic (exact) mass is 677 g/mol. The Morgan fingerprint density at radius 1 is 1.15 bits per heavy atom. The molecule has 2 unspecified atom stereocenters. The minimum Gasteiger partial charge on any atom is -0.508 e. The number of rotatable bonds is 6. The Kier molecular flexibility index (Phi) is 7.27. The first-order chi connectivity index (χ1) is 23.0. The first-order valence-corrected chi connectivity index (χ1v) is 18.2. The predicted octanol–water partition coefficient (Wildman–Crippen LogP) is 5.02. The number of piperidine rings is 1. The lowest BCUT2D eigenvalue weighted by Crippen LogP contribution is -2.48. The molecule has 1 aliphatic carbocycles. The first-order valence-electron chi connectivity index (χ1n) is 16.2. The van der Waals surface area contributed by atoms with Crippen molar-refractivity contribution in [2.24, 2.45) is 11.8 Å². The van der Waals surface area contributed by atoms with E-state index in [1.165, 1.54) is 36.7 Å². The van der Waals surface area contributed by atoms with Crippen LogP contribution < -0.4 is 9.64 Å². The van der Waals surface area contributed by atoms with Gasteiger partial charge in [0.1, 0.15) is 41.4 Å². The molecule has 13 heteroatoms. The van der Waals surface area contributed by atoms with Crippen molar-refractivity contribution in [1.82, 2.24) is 19.9 Å². The first kappa shape index (κ1) is 31.1. The minimum absolute atomic E-state index is 0.0897. The van der Waals surface area contributed by atoms with Crippen LogP contribution in [0.2, 0.25) is 0 Å². The molecule has 3 aliphatic heterocycles. The smallest absolute Gasteiger partial charge is 0.319 e. The number of anilines is 1. The molecule has 8 rings (SSSR count). The number of terminal acetylenes is 1. The molecular formula is C35H34F3N5O4S. The SMILES string of the molecule is C#Cc1c(F)ccc2cc(O)cc(-c3ncc4c(N5CC6CCC(C5)C6S(C)(=O)=O)nc(OC[C@@]56CCCN5C[C@H](F)C6)nc4c3F)c12. The third kappa shape index (κ3) is 4.94. The lowest BCUT2D eigenvalue weighted by Gasteiger charge is -2.38. The summed E-state index contributed by atoms with van der Waals surface area (Å²) in [4.78, 5) is 17.8. The van der Waals surface area contributed by atoms with Crippen molar-refractivity contribution in [1.29, 1.82) is 0 Å². The maximum Gasteiger partial charge on any atom is 0.319 e. The Bertz CT molecular complexity index is 2130. The van der Waals surface area contributed by atoms with E-state index in [-0.39, 0.29) is 57.9 Å². The zero-order valence-corrected chi connectivity index (χ0v) is 27.1. The number of halogens is 3. The maximum atomic E-state index is 16.9. The Morgan fingerprint density at radius 2 is 1.92 bits per heavy atom. The lowest BCUT2D eigenvalue weighted by molar-refractivity contribution is 0.107. The van der Waals surface area contributed by atoms with Gasteiger partial charge in [-0.3, -0.25) is 9.88 Å². The molecule has 2 aromatic heterocycles. The highest BCUT2D eigenvalue weighted by Crippen LogP contribution is 2.45. The molecule has 5 heterocycles. The van der Waals surface area contributed by atoms with Gasteiger partial charge < -0.3 is 14.7 Å². The highest BCUT2D eigenvalue weighted by atomic mass is 32.2. The topological polar surface area (TPSA) is 109 Å². The summed E-state index contributed by atoms with van der Waals surface area (Å²) in [5, 5.41) is 11.0. The molecule has 4 aromatic rings. The number of ether oxygens (including phenoxy) is 1. The number of phenolic OH excluding ortho intramolecular Hbond substituents is 1. The zero-order valence-electron chi connectivity index (χ0n) is 26.3. The summed E-state index contributed by atoms with van der Waals surface area (Å²) >= 11 is 0. The van der Waals surface area contributed by atoms with Crippen molar-refractivity contribution >= 4 is 37.3 Å². The van der Waals surface area contributed by atoms with Gasteiger partial charge in [0.25, 0.3) is 0 Å². The van der Waals surface area contributed by atoms with Crippen molar-refractivity contribution < 1.29 is 31.4 Å². The molecule has 4 fully saturated rings. The number of hydrogen-bond donors (Lipinski definition) is 1. The molecule has 2 aromatic carbocycles. The van der Waals surface area contributed by atoms with E-state index in [2.05, 4.69) is 20.8 Å². The van der Waals surface area contributed by atoms with Crippen LogP contribution in [0.4, 0.5) is 19.0 Å². The number of fused-ring (bicyclic) bond motifs is 5. The fourth-order valence-corrected chi connectivity index (χ4v) is 10.8. The fourth-order valence-electron chi connectivity index (χ4n) is 8.96. The summed E-state index contributed by atoms with van der Waals surface area (Å²) in [7, 11) is -3.28. The average Bonchev–Trinajstić information content (AvgIpc) is 3.67. The molecule has 2 bridgehead atoms. The largest absolute Gasteiger partial charge is 0.508 e. The van der Waals surface area contributed by atoms with E-state index in [1.54, 1.807) is 0 Å². The second kappa shape index (κ2) is 11.2. The minimum atomic E-state index is -3.28. The van der Waals surface area contributed by atoms with Gasteiger partial charge in [-0.2, -0.15) is 9.97 Å². The Balaban J connectivity index is 1.27. The van der Waals surface area contributed by atoms with Crippen molar-refractivity contribution in [3.63, 3.8) is 0 Å². The fraction of sp³-hybridized carbons (Fsp3) is 0.457. The number of nitrogens with zero attached hydrogens (tertiary/aromatic N) is 5. The van der Waals surface area contributed by atoms with E-state index in [1.807, 2.05) is 4.90 Å². The van der Waals surface area contributed by atoms with E-state index in [0.29, 0.717) is 42.6 Å². The highest BCUT2D eigenvalue weighted by molar-refractivity contribution is 7.91. The second-order valence-electron chi connectivity index (χ2n) is 13.8. The number of pyridine rings is 1. The van der Waals surface area contributed by atoms with E-state index in [9.17, 15) is 22.3 Å². The van der Waals surface area contributed by atoms with Gasteiger partial charge in [-0.25, -0.2) is 21.6 Å². The van der Waals surface area contributed by atoms with Crippen molar-refractivity contribution in [3.05, 3.63) is 47.7 Å². The lowest BCUT2D eigenvalue weighted by atomic mass is 9.95. The van der Waals surface area contributed by atoms with E-state index in [4.69, 9.17) is 16.1 Å². The number of alkyl halides is 1. The normalized spacial score (nSPS) is 27.1. The number of phenols is 1. The van der Waals surface area contributed by atoms with Gasteiger partial charge in [0.2, 0.25) is 0 Å². The van der Waals surface area contributed by atoms with Crippen LogP contribution in [0, 0.1) is 35.8 Å². The molecule has 4 atom stereocenters. The Hall–Kier alpha value is -4.15. The van der Waals surface area contributed by atoms with Gasteiger partial charge in [0.15, 0.2) is 15.7 Å². The Labute approximate surface area is 276 Å². The summed E-state index contributed by atoms with van der Waals surface area (Å²) in [5.74, 6) is 0.765. The molecule has 4 aliphatic rings. The molecule has 0 amide bonds. The molecule has 48 heavy (non-hydrogen) atoms. The number of aromatic nitrogens is 3. The number of hydrogen-bond acceptors (Lipinski definition) is 9. The standard InChI is InChI=1S/C35H34F3N5O4S/c1-3-24-27(37)8-7-19-11-23(44)12-25(28(19)24)30-29(38)31-26(14-39-30)33(42-15-20-5-6-21(16-42)32(20)48(2,45)46)41-34(40-31)47-18-35-9-4-10-43(35)17-22(36)13-35/h1,7-8,11-12,14,20-22,32,44H,4-6,9-10,13,15-18H2,2H3/t20?,21?,22-,32?,35+/m1/s1. The Morgan fingerprint density at radius 3 is 2.65 bits per heavy atom. The van der Waals surface area contributed by atoms with Crippen LogP contribution in [0.15, 0.2) is 30.5 Å². The maximum absolute atomic E-state index is 16.9.